The minimum absolute atomic E-state index is 0.157. The summed E-state index contributed by atoms with van der Waals surface area (Å²) in [6, 6.07) is -0.616. The fourth-order valence-electron chi connectivity index (χ4n) is 2.32. The Morgan fingerprint density at radius 2 is 1.41 bits per heavy atom. The van der Waals surface area contributed by atoms with Crippen LogP contribution in [0.3, 0.4) is 0 Å². The molecule has 5 heteroatoms. The van der Waals surface area contributed by atoms with Crippen LogP contribution in [0.4, 0.5) is 0 Å². The van der Waals surface area contributed by atoms with Gasteiger partial charge in [-0.2, -0.15) is 0 Å². The molecule has 5 nitrogen and oxygen atoms in total. The lowest BCUT2D eigenvalue weighted by Crippen LogP contribution is -2.46. The fourth-order valence-corrected chi connectivity index (χ4v) is 2.32. The Labute approximate surface area is 135 Å². The highest BCUT2D eigenvalue weighted by atomic mass is 16.4. The van der Waals surface area contributed by atoms with E-state index in [0.29, 0.717) is 13.1 Å². The summed E-state index contributed by atoms with van der Waals surface area (Å²) in [6.45, 7) is 5.65. The van der Waals surface area contributed by atoms with Crippen LogP contribution in [0.25, 0.3) is 0 Å². The Hall–Kier alpha value is -1.10. The average molecular weight is 314 g/mol. The van der Waals surface area contributed by atoms with E-state index < -0.39 is 12.0 Å². The fraction of sp³-hybridized carbons (Fsp3) is 0.882. The van der Waals surface area contributed by atoms with Crippen molar-refractivity contribution in [1.82, 2.24) is 10.6 Å². The molecule has 0 aliphatic rings. The van der Waals surface area contributed by atoms with Gasteiger partial charge in [-0.25, -0.2) is 0 Å². The maximum atomic E-state index is 12.0. The molecule has 0 saturated carbocycles. The molecule has 0 aromatic heterocycles. The quantitative estimate of drug-likeness (QED) is 0.406. The third-order valence-electron chi connectivity index (χ3n) is 3.70. The number of aliphatic carboxylic acids is 1. The van der Waals surface area contributed by atoms with Crippen molar-refractivity contribution in [3.8, 4) is 0 Å². The van der Waals surface area contributed by atoms with E-state index in [4.69, 9.17) is 5.11 Å². The minimum Gasteiger partial charge on any atom is -0.481 e. The summed E-state index contributed by atoms with van der Waals surface area (Å²) in [7, 11) is 0. The van der Waals surface area contributed by atoms with E-state index in [1.165, 1.54) is 25.7 Å². The lowest BCUT2D eigenvalue weighted by atomic mass is 10.1. The van der Waals surface area contributed by atoms with Crippen LogP contribution in [-0.2, 0) is 9.59 Å². The van der Waals surface area contributed by atoms with Gasteiger partial charge in [-0.15, -0.1) is 0 Å². The van der Waals surface area contributed by atoms with Gasteiger partial charge in [0.05, 0.1) is 12.5 Å². The molecule has 0 saturated heterocycles. The molecule has 0 radical (unpaired) electrons. The van der Waals surface area contributed by atoms with Gasteiger partial charge in [0.15, 0.2) is 0 Å². The highest BCUT2D eigenvalue weighted by molar-refractivity contribution is 5.86. The first-order valence-corrected chi connectivity index (χ1v) is 8.84. The van der Waals surface area contributed by atoms with Gasteiger partial charge in [0.25, 0.3) is 0 Å². The molecule has 0 rings (SSSR count). The van der Waals surface area contributed by atoms with E-state index >= 15 is 0 Å². The predicted octanol–water partition coefficient (Wildman–Crippen LogP) is 3.09. The molecule has 0 bridgehead atoms. The molecule has 0 fully saturated rings. The molecule has 3 N–H and O–H groups in total. The number of hydrogen-bond acceptors (Lipinski definition) is 3. The molecule has 0 heterocycles. The first-order valence-electron chi connectivity index (χ1n) is 8.84. The number of carbonyl (C=O) groups excluding carboxylic acids is 1. The number of unbranched alkanes of at least 4 members (excludes halogenated alkanes) is 7. The van der Waals surface area contributed by atoms with Crippen LogP contribution in [0, 0.1) is 0 Å². The maximum Gasteiger partial charge on any atom is 0.305 e. The largest absolute Gasteiger partial charge is 0.481 e. The second-order valence-electron chi connectivity index (χ2n) is 5.87. The Morgan fingerprint density at radius 1 is 0.864 bits per heavy atom. The second kappa shape index (κ2) is 14.8. The van der Waals surface area contributed by atoms with E-state index in [1.54, 1.807) is 0 Å². The van der Waals surface area contributed by atoms with Gasteiger partial charge in [0, 0.05) is 6.54 Å². The molecule has 1 amide bonds. The molecule has 1 unspecified atom stereocenters. The topological polar surface area (TPSA) is 78.4 Å². The SMILES string of the molecule is CCCCCCCNC(CC(=O)O)C(=O)NCCCCCC. The monoisotopic (exact) mass is 314 g/mol. The number of rotatable bonds is 15. The average Bonchev–Trinajstić information content (AvgIpc) is 2.48. The summed E-state index contributed by atoms with van der Waals surface area (Å²) in [5.74, 6) is -1.13. The van der Waals surface area contributed by atoms with Crippen molar-refractivity contribution in [2.45, 2.75) is 84.1 Å². The summed E-state index contributed by atoms with van der Waals surface area (Å²) in [5.41, 5.74) is 0. The molecule has 0 spiro atoms. The zero-order chi connectivity index (χ0) is 16.6. The summed E-state index contributed by atoms with van der Waals surface area (Å²) in [5, 5.41) is 14.9. The lowest BCUT2D eigenvalue weighted by Gasteiger charge is -2.16. The number of hydrogen-bond donors (Lipinski definition) is 3. The number of carbonyl (C=O) groups is 2. The van der Waals surface area contributed by atoms with Gasteiger partial charge in [-0.3, -0.25) is 9.59 Å². The van der Waals surface area contributed by atoms with Crippen LogP contribution in [0.15, 0.2) is 0 Å². The lowest BCUT2D eigenvalue weighted by molar-refractivity contribution is -0.140. The number of carboxylic acids is 1. The van der Waals surface area contributed by atoms with E-state index in [9.17, 15) is 9.59 Å². The van der Waals surface area contributed by atoms with Crippen molar-refractivity contribution in [3.63, 3.8) is 0 Å². The Morgan fingerprint density at radius 3 is 2.00 bits per heavy atom. The molecule has 0 aromatic rings. The van der Waals surface area contributed by atoms with Gasteiger partial charge >= 0.3 is 5.97 Å². The normalized spacial score (nSPS) is 12.1. The van der Waals surface area contributed by atoms with Crippen molar-refractivity contribution >= 4 is 11.9 Å². The molecule has 0 aromatic carbocycles. The summed E-state index contributed by atoms with van der Waals surface area (Å²) < 4.78 is 0. The van der Waals surface area contributed by atoms with Crippen molar-refractivity contribution < 1.29 is 14.7 Å². The molecule has 22 heavy (non-hydrogen) atoms. The first-order chi connectivity index (χ1) is 10.6. The van der Waals surface area contributed by atoms with Crippen molar-refractivity contribution in [2.75, 3.05) is 13.1 Å². The van der Waals surface area contributed by atoms with Crippen LogP contribution in [-0.4, -0.2) is 36.1 Å². The van der Waals surface area contributed by atoms with E-state index in [2.05, 4.69) is 24.5 Å². The zero-order valence-electron chi connectivity index (χ0n) is 14.3. The van der Waals surface area contributed by atoms with Crippen LogP contribution in [0.1, 0.15) is 78.1 Å². The highest BCUT2D eigenvalue weighted by Crippen LogP contribution is 2.02. The van der Waals surface area contributed by atoms with E-state index in [0.717, 1.165) is 32.1 Å². The molecule has 0 aliphatic carbocycles. The van der Waals surface area contributed by atoms with Crippen LogP contribution < -0.4 is 10.6 Å². The van der Waals surface area contributed by atoms with Crippen LogP contribution in [0.2, 0.25) is 0 Å². The molecule has 130 valence electrons. The maximum absolute atomic E-state index is 12.0. The molecule has 1 atom stereocenters. The van der Waals surface area contributed by atoms with Crippen molar-refractivity contribution in [2.24, 2.45) is 0 Å². The second-order valence-corrected chi connectivity index (χ2v) is 5.87. The van der Waals surface area contributed by atoms with Gasteiger partial charge in [-0.1, -0.05) is 58.8 Å². The van der Waals surface area contributed by atoms with Gasteiger partial charge in [0.2, 0.25) is 5.91 Å². The third kappa shape index (κ3) is 12.6. The number of nitrogens with one attached hydrogen (secondary N) is 2. The summed E-state index contributed by atoms with van der Waals surface area (Å²) in [4.78, 5) is 22.9. The van der Waals surface area contributed by atoms with Gasteiger partial charge in [-0.05, 0) is 19.4 Å². The minimum atomic E-state index is -0.940. The summed E-state index contributed by atoms with van der Waals surface area (Å²) in [6.07, 6.45) is 9.98. The first kappa shape index (κ1) is 20.9. The standard InChI is InChI=1S/C17H34N2O3/c1-3-5-7-9-11-12-18-15(14-16(20)21)17(22)19-13-10-8-6-4-2/h15,18H,3-14H2,1-2H3,(H,19,22)(H,20,21). The highest BCUT2D eigenvalue weighted by Gasteiger charge is 2.20. The van der Waals surface area contributed by atoms with Crippen LogP contribution >= 0.6 is 0 Å². The Balaban J connectivity index is 3.93. The van der Waals surface area contributed by atoms with Crippen molar-refractivity contribution in [1.29, 1.82) is 0 Å². The summed E-state index contributed by atoms with van der Waals surface area (Å²) >= 11 is 0. The molecule has 0 aliphatic heterocycles. The predicted molar refractivity (Wildman–Crippen MR) is 90.0 cm³/mol. The van der Waals surface area contributed by atoms with Crippen molar-refractivity contribution in [3.05, 3.63) is 0 Å². The van der Waals surface area contributed by atoms with Gasteiger partial charge < -0.3 is 15.7 Å². The third-order valence-corrected chi connectivity index (χ3v) is 3.70. The van der Waals surface area contributed by atoms with E-state index in [-0.39, 0.29) is 12.3 Å². The Kier molecular flexibility index (Phi) is 14.1. The zero-order valence-corrected chi connectivity index (χ0v) is 14.3. The smallest absolute Gasteiger partial charge is 0.305 e. The molecular weight excluding hydrogens is 280 g/mol. The Bertz CT molecular complexity index is 296. The van der Waals surface area contributed by atoms with Crippen LogP contribution in [0.5, 0.6) is 0 Å². The molecular formula is C17H34N2O3. The van der Waals surface area contributed by atoms with E-state index in [1.807, 2.05) is 0 Å². The number of amides is 1. The van der Waals surface area contributed by atoms with Gasteiger partial charge in [0.1, 0.15) is 0 Å². The number of carboxylic acid groups (broad SMARTS) is 1.